The summed E-state index contributed by atoms with van der Waals surface area (Å²) >= 11 is 6.27. The van der Waals surface area contributed by atoms with Crippen molar-refractivity contribution in [2.45, 2.75) is 51.8 Å². The zero-order chi connectivity index (χ0) is 26.0. The van der Waals surface area contributed by atoms with Gasteiger partial charge in [-0.05, 0) is 76.1 Å². The highest BCUT2D eigenvalue weighted by Crippen LogP contribution is 2.34. The van der Waals surface area contributed by atoms with E-state index in [0.29, 0.717) is 41.4 Å². The number of hydrogen-bond acceptors (Lipinski definition) is 4. The Labute approximate surface area is 215 Å². The summed E-state index contributed by atoms with van der Waals surface area (Å²) in [7, 11) is 0. The van der Waals surface area contributed by atoms with Gasteiger partial charge < -0.3 is 20.3 Å². The number of hydrogen-bond donors (Lipinski definition) is 2. The molecule has 4 rings (SSSR count). The second kappa shape index (κ2) is 10.3. The lowest BCUT2D eigenvalue weighted by molar-refractivity contribution is -0.136. The third kappa shape index (κ3) is 6.05. The molecular formula is C27H30ClFN4O3. The maximum atomic E-state index is 13.5. The van der Waals surface area contributed by atoms with Crippen LogP contribution in [0.2, 0.25) is 5.02 Å². The number of amides is 3. The molecule has 1 aliphatic heterocycles. The monoisotopic (exact) mass is 512 g/mol. The summed E-state index contributed by atoms with van der Waals surface area (Å²) in [5, 5.41) is 6.95. The molecule has 9 heteroatoms. The quantitative estimate of drug-likeness (QED) is 0.494. The molecule has 1 aromatic heterocycles. The van der Waals surface area contributed by atoms with E-state index < -0.39 is 11.9 Å². The molecule has 3 aromatic rings. The molecule has 1 fully saturated rings. The van der Waals surface area contributed by atoms with Gasteiger partial charge in [0.1, 0.15) is 11.6 Å². The van der Waals surface area contributed by atoms with Crippen molar-refractivity contribution in [3.05, 3.63) is 59.5 Å². The van der Waals surface area contributed by atoms with Crippen LogP contribution < -0.4 is 15.4 Å². The van der Waals surface area contributed by atoms with Gasteiger partial charge in [-0.1, -0.05) is 11.6 Å². The summed E-state index contributed by atoms with van der Waals surface area (Å²) in [6.07, 6.45) is 1.63. The Hall–Kier alpha value is -3.39. The second-order valence-electron chi connectivity index (χ2n) is 10.0. The maximum absolute atomic E-state index is 13.5. The average molecular weight is 513 g/mol. The number of pyridine rings is 1. The van der Waals surface area contributed by atoms with Crippen LogP contribution in [0.5, 0.6) is 5.75 Å². The highest BCUT2D eigenvalue weighted by atomic mass is 35.5. The number of carbonyl (C=O) groups is 2. The average Bonchev–Trinajstić information content (AvgIpc) is 3.25. The van der Waals surface area contributed by atoms with Crippen LogP contribution in [0.4, 0.5) is 9.18 Å². The van der Waals surface area contributed by atoms with Crippen LogP contribution in [-0.2, 0) is 4.79 Å². The Morgan fingerprint density at radius 2 is 1.94 bits per heavy atom. The number of rotatable bonds is 5. The van der Waals surface area contributed by atoms with Gasteiger partial charge in [0.2, 0.25) is 0 Å². The molecule has 2 N–H and O–H groups in total. The van der Waals surface area contributed by atoms with E-state index >= 15 is 0 Å². The summed E-state index contributed by atoms with van der Waals surface area (Å²) < 4.78 is 19.5. The molecule has 0 bridgehead atoms. The fourth-order valence-corrected chi connectivity index (χ4v) is 4.56. The van der Waals surface area contributed by atoms with Crippen molar-refractivity contribution in [1.29, 1.82) is 0 Å². The molecule has 3 amide bonds. The zero-order valence-electron chi connectivity index (χ0n) is 20.8. The van der Waals surface area contributed by atoms with Crippen molar-refractivity contribution in [3.63, 3.8) is 0 Å². The molecule has 2 heterocycles. The van der Waals surface area contributed by atoms with Crippen LogP contribution in [0.25, 0.3) is 22.0 Å². The number of carbonyl (C=O) groups excluding carboxylic acids is 2. The Morgan fingerprint density at radius 3 is 2.67 bits per heavy atom. The predicted molar refractivity (Wildman–Crippen MR) is 139 cm³/mol. The maximum Gasteiger partial charge on any atom is 0.315 e. The second-order valence-corrected chi connectivity index (χ2v) is 10.4. The number of nitrogens with one attached hydrogen (secondary N) is 2. The third-order valence-electron chi connectivity index (χ3n) is 5.92. The number of benzene rings is 2. The molecule has 2 unspecified atom stereocenters. The predicted octanol–water partition coefficient (Wildman–Crippen LogP) is 5.16. The lowest BCUT2D eigenvalue weighted by atomic mass is 10.0. The van der Waals surface area contributed by atoms with Crippen LogP contribution in [0.3, 0.4) is 0 Å². The molecule has 36 heavy (non-hydrogen) atoms. The molecule has 1 saturated heterocycles. The number of urea groups is 1. The van der Waals surface area contributed by atoms with E-state index in [9.17, 15) is 14.0 Å². The van der Waals surface area contributed by atoms with Gasteiger partial charge in [-0.3, -0.25) is 9.78 Å². The lowest BCUT2D eigenvalue weighted by Crippen LogP contribution is -2.50. The summed E-state index contributed by atoms with van der Waals surface area (Å²) in [6.45, 7) is 8.44. The molecule has 0 spiro atoms. The van der Waals surface area contributed by atoms with Gasteiger partial charge in [0, 0.05) is 47.9 Å². The molecule has 0 radical (unpaired) electrons. The molecule has 190 valence electrons. The van der Waals surface area contributed by atoms with Gasteiger partial charge in [-0.2, -0.15) is 0 Å². The fourth-order valence-electron chi connectivity index (χ4n) is 4.30. The van der Waals surface area contributed by atoms with Gasteiger partial charge in [0.15, 0.2) is 6.10 Å². The highest BCUT2D eigenvalue weighted by Gasteiger charge is 2.31. The zero-order valence-corrected chi connectivity index (χ0v) is 21.5. The number of halogens is 2. The van der Waals surface area contributed by atoms with Crippen molar-refractivity contribution in [1.82, 2.24) is 20.5 Å². The van der Waals surface area contributed by atoms with Gasteiger partial charge in [0.25, 0.3) is 5.91 Å². The highest BCUT2D eigenvalue weighted by molar-refractivity contribution is 6.33. The van der Waals surface area contributed by atoms with E-state index in [4.69, 9.17) is 16.3 Å². The summed E-state index contributed by atoms with van der Waals surface area (Å²) in [6, 6.07) is 11.2. The first-order valence-corrected chi connectivity index (χ1v) is 12.3. The largest absolute Gasteiger partial charge is 0.481 e. The van der Waals surface area contributed by atoms with Crippen LogP contribution in [0, 0.1) is 5.82 Å². The van der Waals surface area contributed by atoms with Gasteiger partial charge >= 0.3 is 6.03 Å². The molecule has 0 aliphatic carbocycles. The smallest absolute Gasteiger partial charge is 0.315 e. The van der Waals surface area contributed by atoms with Crippen molar-refractivity contribution in [2.24, 2.45) is 0 Å². The van der Waals surface area contributed by atoms with E-state index in [1.165, 1.54) is 12.1 Å². The van der Waals surface area contributed by atoms with Crippen LogP contribution in [0.15, 0.2) is 48.7 Å². The summed E-state index contributed by atoms with van der Waals surface area (Å²) in [5.41, 5.74) is 1.87. The topological polar surface area (TPSA) is 83.6 Å². The number of ether oxygens (including phenoxy) is 1. The summed E-state index contributed by atoms with van der Waals surface area (Å²) in [4.78, 5) is 31.3. The minimum atomic E-state index is -0.709. The van der Waals surface area contributed by atoms with E-state index in [-0.39, 0.29) is 23.5 Å². The van der Waals surface area contributed by atoms with Crippen LogP contribution >= 0.6 is 11.6 Å². The summed E-state index contributed by atoms with van der Waals surface area (Å²) in [5.74, 6) is -0.0307. The lowest BCUT2D eigenvalue weighted by Gasteiger charge is -2.24. The number of aromatic nitrogens is 1. The minimum absolute atomic E-state index is 0.106. The first-order valence-electron chi connectivity index (χ1n) is 11.9. The van der Waals surface area contributed by atoms with Crippen LogP contribution in [0.1, 0.15) is 34.1 Å². The van der Waals surface area contributed by atoms with Crippen molar-refractivity contribution in [3.8, 4) is 16.9 Å². The Morgan fingerprint density at radius 1 is 1.17 bits per heavy atom. The van der Waals surface area contributed by atoms with Gasteiger partial charge in [0.05, 0.1) is 10.5 Å². The number of nitrogens with zero attached hydrogens (tertiary/aromatic N) is 2. The Bertz CT molecular complexity index is 1290. The molecule has 2 aromatic carbocycles. The Balaban J connectivity index is 1.42. The minimum Gasteiger partial charge on any atom is -0.481 e. The van der Waals surface area contributed by atoms with Crippen molar-refractivity contribution >= 4 is 34.4 Å². The van der Waals surface area contributed by atoms with E-state index in [2.05, 4.69) is 15.6 Å². The van der Waals surface area contributed by atoms with E-state index in [1.807, 2.05) is 32.9 Å². The number of fused-ring (bicyclic) bond motifs is 1. The normalized spacial score (nSPS) is 16.6. The molecular weight excluding hydrogens is 483 g/mol. The third-order valence-corrected chi connectivity index (χ3v) is 6.23. The van der Waals surface area contributed by atoms with Crippen molar-refractivity contribution in [2.75, 3.05) is 13.1 Å². The van der Waals surface area contributed by atoms with E-state index in [1.54, 1.807) is 36.2 Å². The van der Waals surface area contributed by atoms with Crippen molar-refractivity contribution < 1.29 is 18.7 Å². The number of likely N-dealkylation sites (tertiary alicyclic amines) is 1. The Kier molecular flexibility index (Phi) is 7.36. The van der Waals surface area contributed by atoms with Gasteiger partial charge in [-0.25, -0.2) is 9.18 Å². The molecule has 1 aliphatic rings. The van der Waals surface area contributed by atoms with Gasteiger partial charge in [-0.15, -0.1) is 0 Å². The first-order chi connectivity index (χ1) is 17.0. The standard InChI is InChI=1S/C27H30ClFN4O3/c1-16(25(34)33-12-10-18(15-33)31-26(35)32-27(2,3)4)36-19-6-8-22-20(9-11-30-24(22)14-19)21-7-5-17(29)13-23(21)28/h5-9,11,13-14,16,18H,10,12,15H2,1-4H3,(H2,31,32,35). The SMILES string of the molecule is CC(Oc1ccc2c(-c3ccc(F)cc3Cl)ccnc2c1)C(=O)N1CCC(NC(=O)NC(C)(C)C)C1. The molecule has 7 nitrogen and oxygen atoms in total. The fraction of sp³-hybridized carbons (Fsp3) is 0.370. The molecule has 2 atom stereocenters. The first kappa shape index (κ1) is 25.7. The van der Waals surface area contributed by atoms with E-state index in [0.717, 1.165) is 10.9 Å². The van der Waals surface area contributed by atoms with Crippen LogP contribution in [-0.4, -0.2) is 52.6 Å². The molecule has 0 saturated carbocycles.